The number of fused-ring (bicyclic) bond motifs is 1. The van der Waals surface area contributed by atoms with Gasteiger partial charge in [-0.1, -0.05) is 18.2 Å². The third-order valence-electron chi connectivity index (χ3n) is 2.40. The Hall–Kier alpha value is -1.30. The molecule has 1 aromatic heterocycles. The molecular formula is C10H12BNO3. The molecule has 1 atom stereocenters. The van der Waals surface area contributed by atoms with E-state index in [4.69, 9.17) is 20.2 Å². The predicted octanol–water partition coefficient (Wildman–Crippen LogP) is 0.315. The molecule has 15 heavy (non-hydrogen) atoms. The Bertz CT molecular complexity index is 455. The molecule has 0 saturated carbocycles. The Morgan fingerprint density at radius 1 is 1.33 bits per heavy atom. The van der Waals surface area contributed by atoms with Crippen LogP contribution in [0, 0.1) is 0 Å². The maximum Gasteiger partial charge on any atom is 0.469 e. The lowest BCUT2D eigenvalue weighted by molar-refractivity contribution is 0.386. The summed E-state index contributed by atoms with van der Waals surface area (Å²) in [5.74, 6) is -0.689. The fourth-order valence-corrected chi connectivity index (χ4v) is 1.55. The molecule has 0 aliphatic heterocycles. The Labute approximate surface area is 87.5 Å². The van der Waals surface area contributed by atoms with Crippen LogP contribution in [-0.2, 0) is 6.42 Å². The van der Waals surface area contributed by atoms with E-state index in [1.165, 1.54) is 0 Å². The van der Waals surface area contributed by atoms with Gasteiger partial charge in [0.2, 0.25) is 0 Å². The van der Waals surface area contributed by atoms with E-state index in [2.05, 4.69) is 0 Å². The van der Waals surface area contributed by atoms with Gasteiger partial charge in [-0.3, -0.25) is 0 Å². The predicted molar refractivity (Wildman–Crippen MR) is 58.1 cm³/mol. The molecule has 0 unspecified atom stereocenters. The lowest BCUT2D eigenvalue weighted by atomic mass is 9.77. The maximum absolute atomic E-state index is 8.89. The van der Waals surface area contributed by atoms with Gasteiger partial charge >= 0.3 is 7.12 Å². The molecule has 78 valence electrons. The van der Waals surface area contributed by atoms with Crippen LogP contribution in [0.15, 0.2) is 34.9 Å². The van der Waals surface area contributed by atoms with Gasteiger partial charge in [0, 0.05) is 11.3 Å². The van der Waals surface area contributed by atoms with E-state index in [1.54, 1.807) is 6.26 Å². The van der Waals surface area contributed by atoms with Gasteiger partial charge in [0.15, 0.2) is 0 Å². The minimum Gasteiger partial charge on any atom is -0.464 e. The summed E-state index contributed by atoms with van der Waals surface area (Å²) >= 11 is 0. The molecule has 1 heterocycles. The quantitative estimate of drug-likeness (QED) is 0.630. The van der Waals surface area contributed by atoms with Crippen LogP contribution < -0.4 is 5.73 Å². The molecule has 0 bridgehead atoms. The fourth-order valence-electron chi connectivity index (χ4n) is 1.55. The monoisotopic (exact) mass is 205 g/mol. The van der Waals surface area contributed by atoms with E-state index < -0.39 is 13.1 Å². The van der Waals surface area contributed by atoms with Crippen molar-refractivity contribution >= 4 is 18.1 Å². The van der Waals surface area contributed by atoms with Gasteiger partial charge in [-0.15, -0.1) is 0 Å². The molecule has 0 radical (unpaired) electrons. The minimum absolute atomic E-state index is 0.384. The van der Waals surface area contributed by atoms with E-state index in [-0.39, 0.29) is 0 Å². The fraction of sp³-hybridized carbons (Fsp3) is 0.200. The van der Waals surface area contributed by atoms with Gasteiger partial charge in [-0.05, 0) is 18.1 Å². The van der Waals surface area contributed by atoms with Crippen LogP contribution in [0.1, 0.15) is 5.56 Å². The van der Waals surface area contributed by atoms with Crippen LogP contribution in [0.5, 0.6) is 0 Å². The first kappa shape index (κ1) is 10.2. The highest BCUT2D eigenvalue weighted by Gasteiger charge is 2.20. The number of nitrogens with two attached hydrogens (primary N) is 1. The normalized spacial score (nSPS) is 13.0. The number of furan rings is 1. The van der Waals surface area contributed by atoms with Gasteiger partial charge in [0.1, 0.15) is 5.58 Å². The van der Waals surface area contributed by atoms with Crippen LogP contribution in [0.25, 0.3) is 11.0 Å². The third kappa shape index (κ3) is 2.04. The van der Waals surface area contributed by atoms with E-state index in [9.17, 15) is 0 Å². The van der Waals surface area contributed by atoms with E-state index in [0.29, 0.717) is 6.42 Å². The summed E-state index contributed by atoms with van der Waals surface area (Å²) in [6.07, 6.45) is 1.99. The number of hydrogen-bond acceptors (Lipinski definition) is 4. The molecule has 5 heteroatoms. The Morgan fingerprint density at radius 2 is 2.07 bits per heavy atom. The molecule has 0 aliphatic carbocycles. The molecule has 0 spiro atoms. The highest BCUT2D eigenvalue weighted by molar-refractivity contribution is 6.43. The summed E-state index contributed by atoms with van der Waals surface area (Å²) in [5, 5.41) is 18.7. The van der Waals surface area contributed by atoms with E-state index in [1.807, 2.05) is 24.3 Å². The smallest absolute Gasteiger partial charge is 0.464 e. The first-order valence-electron chi connectivity index (χ1n) is 4.75. The standard InChI is InChI=1S/C10H12BNO3/c12-10(11(13)14)5-7-6-15-9-4-2-1-3-8(7)9/h1-4,6,10,13-14H,5,12H2/t10-/m0/s1. The van der Waals surface area contributed by atoms with Crippen molar-refractivity contribution < 1.29 is 14.5 Å². The number of rotatable bonds is 3. The van der Waals surface area contributed by atoms with Gasteiger partial charge in [-0.2, -0.15) is 0 Å². The Balaban J connectivity index is 2.29. The lowest BCUT2D eigenvalue weighted by Crippen LogP contribution is -2.40. The molecule has 0 saturated heterocycles. The summed E-state index contributed by atoms with van der Waals surface area (Å²) in [6, 6.07) is 7.57. The third-order valence-corrected chi connectivity index (χ3v) is 2.40. The number of benzene rings is 1. The SMILES string of the molecule is N[C@@H](Cc1coc2ccccc12)B(O)O. The van der Waals surface area contributed by atoms with Crippen LogP contribution in [-0.4, -0.2) is 23.1 Å². The van der Waals surface area contributed by atoms with Crippen molar-refractivity contribution in [3.63, 3.8) is 0 Å². The molecule has 4 N–H and O–H groups in total. The highest BCUT2D eigenvalue weighted by atomic mass is 16.4. The van der Waals surface area contributed by atoms with E-state index >= 15 is 0 Å². The second kappa shape index (κ2) is 4.06. The molecule has 2 rings (SSSR count). The van der Waals surface area contributed by atoms with Crippen molar-refractivity contribution in [1.29, 1.82) is 0 Å². The summed E-state index contributed by atoms with van der Waals surface area (Å²) in [7, 11) is -1.50. The van der Waals surface area contributed by atoms with Crippen molar-refractivity contribution in [2.45, 2.75) is 12.4 Å². The number of hydrogen-bond donors (Lipinski definition) is 3. The van der Waals surface area contributed by atoms with Crippen molar-refractivity contribution in [2.75, 3.05) is 0 Å². The molecule has 0 amide bonds. The molecule has 0 aliphatic rings. The second-order valence-electron chi connectivity index (χ2n) is 3.54. The zero-order valence-electron chi connectivity index (χ0n) is 8.13. The van der Waals surface area contributed by atoms with Crippen LogP contribution in [0.2, 0.25) is 0 Å². The first-order valence-corrected chi connectivity index (χ1v) is 4.75. The van der Waals surface area contributed by atoms with E-state index in [0.717, 1.165) is 16.5 Å². The van der Waals surface area contributed by atoms with Crippen LogP contribution in [0.4, 0.5) is 0 Å². The zero-order chi connectivity index (χ0) is 10.8. The first-order chi connectivity index (χ1) is 7.18. The zero-order valence-corrected chi connectivity index (χ0v) is 8.13. The lowest BCUT2D eigenvalue weighted by Gasteiger charge is -2.07. The summed E-state index contributed by atoms with van der Waals surface area (Å²) in [4.78, 5) is 0. The topological polar surface area (TPSA) is 79.6 Å². The average Bonchev–Trinajstić information content (AvgIpc) is 2.62. The summed E-state index contributed by atoms with van der Waals surface area (Å²) in [5.41, 5.74) is 7.24. The van der Waals surface area contributed by atoms with Crippen molar-refractivity contribution in [3.8, 4) is 0 Å². The molecule has 4 nitrogen and oxygen atoms in total. The summed E-state index contributed by atoms with van der Waals surface area (Å²) in [6.45, 7) is 0. The van der Waals surface area contributed by atoms with Crippen LogP contribution >= 0.6 is 0 Å². The average molecular weight is 205 g/mol. The summed E-state index contributed by atoms with van der Waals surface area (Å²) < 4.78 is 5.31. The highest BCUT2D eigenvalue weighted by Crippen LogP contribution is 2.21. The van der Waals surface area contributed by atoms with Gasteiger partial charge < -0.3 is 20.2 Å². The van der Waals surface area contributed by atoms with Crippen molar-refractivity contribution in [1.82, 2.24) is 0 Å². The van der Waals surface area contributed by atoms with Crippen molar-refractivity contribution in [3.05, 3.63) is 36.1 Å². The van der Waals surface area contributed by atoms with Crippen LogP contribution in [0.3, 0.4) is 0 Å². The molecule has 1 aromatic carbocycles. The maximum atomic E-state index is 8.89. The molecular weight excluding hydrogens is 193 g/mol. The number of para-hydroxylation sites is 1. The second-order valence-corrected chi connectivity index (χ2v) is 3.54. The van der Waals surface area contributed by atoms with Gasteiger partial charge in [0.05, 0.1) is 6.26 Å². The molecule has 0 fully saturated rings. The largest absolute Gasteiger partial charge is 0.469 e. The minimum atomic E-state index is -1.50. The van der Waals surface area contributed by atoms with Crippen molar-refractivity contribution in [2.24, 2.45) is 5.73 Å². The Morgan fingerprint density at radius 3 is 2.80 bits per heavy atom. The molecule has 2 aromatic rings. The Kier molecular flexibility index (Phi) is 2.77. The van der Waals surface area contributed by atoms with Gasteiger partial charge in [-0.25, -0.2) is 0 Å². The van der Waals surface area contributed by atoms with Gasteiger partial charge in [0.25, 0.3) is 0 Å².